The van der Waals surface area contributed by atoms with Crippen LogP contribution in [0.1, 0.15) is 29.8 Å². The molecule has 1 aromatic carbocycles. The molecule has 0 fully saturated rings. The molecule has 0 aliphatic heterocycles. The number of ether oxygens (including phenoxy) is 1. The summed E-state index contributed by atoms with van der Waals surface area (Å²) in [5.41, 5.74) is 2.85. The molecule has 0 unspecified atom stereocenters. The lowest BCUT2D eigenvalue weighted by Crippen LogP contribution is -2.24. The van der Waals surface area contributed by atoms with Crippen molar-refractivity contribution in [3.8, 4) is 11.3 Å². The van der Waals surface area contributed by atoms with E-state index in [2.05, 4.69) is 4.98 Å². The number of aryl methyl sites for hydroxylation is 1. The number of hydrogen-bond acceptors (Lipinski definition) is 4. The SMILES string of the molecule is [2H]C([2H])([2H])N(C(=O)Cc1c(-c2ccc(C)cc2)nc2ccc(C(=O)OC)cn12)C([2H])([2H])[2H]. The average molecular weight is 357 g/mol. The van der Waals surface area contributed by atoms with E-state index in [9.17, 15) is 9.59 Å². The van der Waals surface area contributed by atoms with E-state index in [1.165, 1.54) is 23.8 Å². The Bertz CT molecular complexity index is 1150. The number of imidazole rings is 1. The molecule has 2 aromatic heterocycles. The topological polar surface area (TPSA) is 63.9 Å². The Morgan fingerprint density at radius 2 is 1.92 bits per heavy atom. The Morgan fingerprint density at radius 1 is 1.19 bits per heavy atom. The number of rotatable bonds is 4. The average Bonchev–Trinajstić information content (AvgIpc) is 3.03. The van der Waals surface area contributed by atoms with Crippen molar-refractivity contribution in [2.75, 3.05) is 21.1 Å². The van der Waals surface area contributed by atoms with Gasteiger partial charge in [0.25, 0.3) is 0 Å². The van der Waals surface area contributed by atoms with Gasteiger partial charge in [-0.05, 0) is 19.1 Å². The van der Waals surface area contributed by atoms with Gasteiger partial charge in [-0.15, -0.1) is 0 Å². The Kier molecular flexibility index (Phi) is 3.08. The van der Waals surface area contributed by atoms with Crippen molar-refractivity contribution in [2.45, 2.75) is 13.3 Å². The molecule has 0 spiro atoms. The first-order valence-electron chi connectivity index (χ1n) is 10.8. The number of benzene rings is 1. The Morgan fingerprint density at radius 3 is 2.58 bits per heavy atom. The van der Waals surface area contributed by atoms with Crippen molar-refractivity contribution in [1.29, 1.82) is 0 Å². The Hall–Kier alpha value is -3.15. The summed E-state index contributed by atoms with van der Waals surface area (Å²) >= 11 is 0. The van der Waals surface area contributed by atoms with Gasteiger partial charge in [-0.1, -0.05) is 29.8 Å². The second kappa shape index (κ2) is 7.00. The van der Waals surface area contributed by atoms with Crippen molar-refractivity contribution in [2.24, 2.45) is 0 Å². The summed E-state index contributed by atoms with van der Waals surface area (Å²) in [7, 11) is 1.23. The first kappa shape index (κ1) is 11.5. The van der Waals surface area contributed by atoms with Gasteiger partial charge in [0.05, 0.1) is 30.5 Å². The number of nitrogens with zero attached hydrogens (tertiary/aromatic N) is 3. The lowest BCUT2D eigenvalue weighted by molar-refractivity contribution is -0.128. The monoisotopic (exact) mass is 357 g/mol. The fourth-order valence-corrected chi connectivity index (χ4v) is 2.67. The predicted octanol–water partition coefficient (Wildman–Crippen LogP) is 2.73. The first-order chi connectivity index (χ1) is 14.8. The van der Waals surface area contributed by atoms with Crippen LogP contribution in [0.2, 0.25) is 0 Å². The maximum Gasteiger partial charge on any atom is 0.339 e. The second-order valence-electron chi connectivity index (χ2n) is 5.82. The predicted molar refractivity (Wildman–Crippen MR) is 99.1 cm³/mol. The number of carbonyl (C=O) groups excluding carboxylic acids is 2. The molecule has 6 nitrogen and oxygen atoms in total. The quantitative estimate of drug-likeness (QED) is 0.674. The molecule has 3 rings (SSSR count). The van der Waals surface area contributed by atoms with Gasteiger partial charge in [0, 0.05) is 33.9 Å². The van der Waals surface area contributed by atoms with E-state index in [0.29, 0.717) is 16.9 Å². The lowest BCUT2D eigenvalue weighted by Gasteiger charge is -2.11. The molecule has 0 saturated carbocycles. The fraction of sp³-hybridized carbons (Fsp3) is 0.250. The molecule has 6 heteroatoms. The van der Waals surface area contributed by atoms with Crippen molar-refractivity contribution >= 4 is 17.5 Å². The maximum absolute atomic E-state index is 12.9. The highest BCUT2D eigenvalue weighted by molar-refractivity contribution is 5.89. The number of amides is 1. The first-order valence-corrected chi connectivity index (χ1v) is 7.82. The highest BCUT2D eigenvalue weighted by Crippen LogP contribution is 2.26. The molecule has 0 saturated heterocycles. The Balaban J connectivity index is 2.19. The molecule has 3 aromatic rings. The zero-order valence-corrected chi connectivity index (χ0v) is 14.3. The fourth-order valence-electron chi connectivity index (χ4n) is 2.67. The number of carbonyl (C=O) groups is 2. The minimum atomic E-state index is -3.16. The van der Waals surface area contributed by atoms with Gasteiger partial charge in [-0.25, -0.2) is 9.78 Å². The molecule has 0 aliphatic carbocycles. The Labute approximate surface area is 160 Å². The molecule has 1 amide bonds. The number of fused-ring (bicyclic) bond motifs is 1. The summed E-state index contributed by atoms with van der Waals surface area (Å²) in [6, 6.07) is 10.3. The summed E-state index contributed by atoms with van der Waals surface area (Å²) in [4.78, 5) is 29.4. The molecule has 2 heterocycles. The van der Waals surface area contributed by atoms with Crippen molar-refractivity contribution in [3.63, 3.8) is 0 Å². The van der Waals surface area contributed by atoms with Gasteiger partial charge in [0.1, 0.15) is 5.65 Å². The molecule has 0 aliphatic rings. The van der Waals surface area contributed by atoms with Gasteiger partial charge in [-0.3, -0.25) is 4.79 Å². The third-order valence-electron chi connectivity index (χ3n) is 4.03. The van der Waals surface area contributed by atoms with Gasteiger partial charge in [-0.2, -0.15) is 0 Å². The number of aromatic nitrogens is 2. The molecule has 134 valence electrons. The minimum Gasteiger partial charge on any atom is -0.465 e. The van der Waals surface area contributed by atoms with E-state index in [1.807, 2.05) is 19.1 Å². The molecule has 0 bridgehead atoms. The van der Waals surface area contributed by atoms with Gasteiger partial charge < -0.3 is 14.0 Å². The van der Waals surface area contributed by atoms with Crippen molar-refractivity contribution in [3.05, 3.63) is 59.4 Å². The van der Waals surface area contributed by atoms with Crippen LogP contribution >= 0.6 is 0 Å². The maximum atomic E-state index is 12.9. The second-order valence-corrected chi connectivity index (χ2v) is 5.82. The van der Waals surface area contributed by atoms with E-state index in [1.54, 1.807) is 18.2 Å². The van der Waals surface area contributed by atoms with Gasteiger partial charge in [0.2, 0.25) is 5.91 Å². The molecular weight excluding hydrogens is 330 g/mol. The van der Waals surface area contributed by atoms with Crippen molar-refractivity contribution < 1.29 is 22.6 Å². The van der Waals surface area contributed by atoms with E-state index < -0.39 is 32.2 Å². The standard InChI is InChI=1S/C20H21N3O3/c1-13-5-7-14(8-6-13)19-16(11-18(24)22(2)3)23-12-15(20(25)26-4)9-10-17(23)21-19/h5-10,12H,11H2,1-4H3/i2D3,3D3. The minimum absolute atomic E-state index is 0.0809. The normalized spacial score (nSPS) is 15.2. The summed E-state index contributed by atoms with van der Waals surface area (Å²) in [6.45, 7) is -4.42. The zero-order valence-electron chi connectivity index (χ0n) is 20.3. The number of likely N-dealkylation sites (N-methyl/N-ethyl adjacent to an activating group) is 1. The third-order valence-corrected chi connectivity index (χ3v) is 4.03. The molecule has 0 atom stereocenters. The van der Waals surface area contributed by atoms with Crippen LogP contribution in [-0.4, -0.2) is 47.2 Å². The van der Waals surface area contributed by atoms with Crippen LogP contribution in [0.3, 0.4) is 0 Å². The van der Waals surface area contributed by atoms with E-state index in [4.69, 9.17) is 13.0 Å². The van der Waals surface area contributed by atoms with Crippen molar-refractivity contribution in [1.82, 2.24) is 14.3 Å². The van der Waals surface area contributed by atoms with Crippen LogP contribution in [-0.2, 0) is 16.0 Å². The van der Waals surface area contributed by atoms with Crippen LogP contribution in [0.15, 0.2) is 42.6 Å². The van der Waals surface area contributed by atoms with Gasteiger partial charge in [0.15, 0.2) is 0 Å². The van der Waals surface area contributed by atoms with E-state index in [0.717, 1.165) is 5.56 Å². The molecule has 0 N–H and O–H groups in total. The molecule has 26 heavy (non-hydrogen) atoms. The van der Waals surface area contributed by atoms with Crippen LogP contribution in [0.4, 0.5) is 0 Å². The molecule has 0 radical (unpaired) electrons. The van der Waals surface area contributed by atoms with Crippen LogP contribution in [0, 0.1) is 6.92 Å². The van der Waals surface area contributed by atoms with E-state index >= 15 is 0 Å². The van der Waals surface area contributed by atoms with Crippen LogP contribution in [0.25, 0.3) is 16.9 Å². The zero-order chi connectivity index (χ0) is 23.8. The van der Waals surface area contributed by atoms with E-state index in [-0.39, 0.29) is 16.2 Å². The molecular formula is C20H21N3O3. The summed E-state index contributed by atoms with van der Waals surface area (Å²) in [6.07, 6.45) is 0.856. The summed E-state index contributed by atoms with van der Waals surface area (Å²) in [5.74, 6) is -1.73. The number of esters is 1. The van der Waals surface area contributed by atoms with Crippen LogP contribution in [0.5, 0.6) is 0 Å². The third kappa shape index (κ3) is 3.31. The highest BCUT2D eigenvalue weighted by Gasteiger charge is 2.19. The number of hydrogen-bond donors (Lipinski definition) is 0. The highest BCUT2D eigenvalue weighted by atomic mass is 16.5. The number of methoxy groups -OCH3 is 1. The smallest absolute Gasteiger partial charge is 0.339 e. The van der Waals surface area contributed by atoms with Gasteiger partial charge >= 0.3 is 5.97 Å². The largest absolute Gasteiger partial charge is 0.465 e. The van der Waals surface area contributed by atoms with Crippen LogP contribution < -0.4 is 0 Å². The number of pyridine rings is 1. The summed E-state index contributed by atoms with van der Waals surface area (Å²) < 4.78 is 51.3. The lowest BCUT2D eigenvalue weighted by atomic mass is 10.1. The summed E-state index contributed by atoms with van der Waals surface area (Å²) in [5, 5.41) is 0.